The van der Waals surface area contributed by atoms with Crippen LogP contribution in [0.3, 0.4) is 0 Å². The summed E-state index contributed by atoms with van der Waals surface area (Å²) in [7, 11) is 0. The molecule has 0 aliphatic carbocycles. The Hall–Kier alpha value is -2.02. The van der Waals surface area contributed by atoms with Crippen molar-refractivity contribution in [3.8, 4) is 0 Å². The molecular formula is C12H14FN3O3. The fourth-order valence-corrected chi connectivity index (χ4v) is 1.97. The molecule has 1 N–H and O–H groups in total. The topological polar surface area (TPSA) is 75.5 Å². The maximum atomic E-state index is 13.0. The first-order valence-corrected chi connectivity index (χ1v) is 5.92. The van der Waals surface area contributed by atoms with E-state index in [9.17, 15) is 19.3 Å². The summed E-state index contributed by atoms with van der Waals surface area (Å²) in [4.78, 5) is 22.2. The van der Waals surface area contributed by atoms with Gasteiger partial charge in [-0.05, 0) is 19.4 Å². The van der Waals surface area contributed by atoms with E-state index in [1.165, 1.54) is 23.2 Å². The van der Waals surface area contributed by atoms with Gasteiger partial charge in [0.1, 0.15) is 6.17 Å². The summed E-state index contributed by atoms with van der Waals surface area (Å²) in [5.41, 5.74) is 3.13. The van der Waals surface area contributed by atoms with Gasteiger partial charge >= 0.3 is 0 Å². The van der Waals surface area contributed by atoms with Crippen molar-refractivity contribution in [2.75, 3.05) is 13.1 Å². The smallest absolute Gasteiger partial charge is 0.273 e. The minimum atomic E-state index is -0.937. The Morgan fingerprint density at radius 3 is 2.89 bits per heavy atom. The van der Waals surface area contributed by atoms with Crippen LogP contribution in [0.2, 0.25) is 0 Å². The first kappa shape index (κ1) is 13.4. The van der Waals surface area contributed by atoms with Gasteiger partial charge in [0.05, 0.1) is 4.92 Å². The summed E-state index contributed by atoms with van der Waals surface area (Å²) in [6.07, 6.45) is -0.554. The Morgan fingerprint density at radius 2 is 2.32 bits per heavy atom. The molecule has 1 atom stereocenters. The van der Waals surface area contributed by atoms with Gasteiger partial charge in [0.15, 0.2) is 0 Å². The van der Waals surface area contributed by atoms with Crippen LogP contribution in [0.15, 0.2) is 18.2 Å². The molecule has 1 aliphatic heterocycles. The number of benzene rings is 1. The second-order valence-electron chi connectivity index (χ2n) is 4.53. The van der Waals surface area contributed by atoms with Crippen molar-refractivity contribution in [3.05, 3.63) is 39.4 Å². The molecule has 1 unspecified atom stereocenters. The van der Waals surface area contributed by atoms with Crippen LogP contribution in [-0.4, -0.2) is 35.1 Å². The van der Waals surface area contributed by atoms with E-state index in [1.54, 1.807) is 6.92 Å². The summed E-state index contributed by atoms with van der Waals surface area (Å²) in [5, 5.41) is 12.3. The molecule has 1 heterocycles. The standard InChI is InChI=1S/C12H14FN3O3/c1-8-2-3-9(6-11(8)16(18)19)12(17)14-15-5-4-10(13)7-15/h2-3,6,10H,4-5,7H2,1H3,(H,14,17). The lowest BCUT2D eigenvalue weighted by Crippen LogP contribution is -2.40. The van der Waals surface area contributed by atoms with Gasteiger partial charge in [-0.15, -0.1) is 0 Å². The number of nitro groups is 1. The van der Waals surface area contributed by atoms with Gasteiger partial charge in [-0.25, -0.2) is 9.40 Å². The number of nitrogens with zero attached hydrogens (tertiary/aromatic N) is 2. The molecule has 1 aromatic rings. The van der Waals surface area contributed by atoms with Crippen LogP contribution in [0.25, 0.3) is 0 Å². The van der Waals surface area contributed by atoms with Crippen molar-refractivity contribution in [1.82, 2.24) is 10.4 Å². The molecule has 2 rings (SSSR count). The highest BCUT2D eigenvalue weighted by Gasteiger charge is 2.24. The Bertz CT molecular complexity index is 521. The number of hydrogen-bond acceptors (Lipinski definition) is 4. The van der Waals surface area contributed by atoms with E-state index in [-0.39, 0.29) is 17.8 Å². The number of nitro benzene ring substituents is 1. The zero-order valence-corrected chi connectivity index (χ0v) is 10.4. The Labute approximate surface area is 109 Å². The largest absolute Gasteiger partial charge is 0.285 e. The Kier molecular flexibility index (Phi) is 3.75. The molecule has 0 saturated carbocycles. The Balaban J connectivity index is 2.11. The van der Waals surface area contributed by atoms with Crippen LogP contribution in [0, 0.1) is 17.0 Å². The summed E-state index contributed by atoms with van der Waals surface area (Å²) < 4.78 is 13.0. The SMILES string of the molecule is Cc1ccc(C(=O)NN2CCC(F)C2)cc1[N+](=O)[O-]. The van der Waals surface area contributed by atoms with E-state index in [2.05, 4.69) is 5.43 Å². The average Bonchev–Trinajstić information content (AvgIpc) is 2.74. The summed E-state index contributed by atoms with van der Waals surface area (Å²) in [6.45, 7) is 2.20. The summed E-state index contributed by atoms with van der Waals surface area (Å²) in [5.74, 6) is -0.461. The molecule has 1 amide bonds. The zero-order chi connectivity index (χ0) is 14.0. The highest BCUT2D eigenvalue weighted by molar-refractivity contribution is 5.94. The van der Waals surface area contributed by atoms with E-state index < -0.39 is 17.0 Å². The minimum Gasteiger partial charge on any atom is -0.285 e. The van der Waals surface area contributed by atoms with Gasteiger partial charge in [0, 0.05) is 30.3 Å². The lowest BCUT2D eigenvalue weighted by molar-refractivity contribution is -0.385. The minimum absolute atomic E-state index is 0.0996. The molecular weight excluding hydrogens is 253 g/mol. The monoisotopic (exact) mass is 267 g/mol. The Morgan fingerprint density at radius 1 is 1.58 bits per heavy atom. The number of nitrogens with one attached hydrogen (secondary N) is 1. The molecule has 19 heavy (non-hydrogen) atoms. The van der Waals surface area contributed by atoms with E-state index in [4.69, 9.17) is 0 Å². The van der Waals surface area contributed by atoms with Crippen molar-refractivity contribution in [2.45, 2.75) is 19.5 Å². The van der Waals surface area contributed by atoms with Gasteiger partial charge in [0.25, 0.3) is 11.6 Å². The fourth-order valence-electron chi connectivity index (χ4n) is 1.97. The average molecular weight is 267 g/mol. The van der Waals surface area contributed by atoms with Crippen LogP contribution in [0.5, 0.6) is 0 Å². The highest BCUT2D eigenvalue weighted by Crippen LogP contribution is 2.19. The molecule has 0 aromatic heterocycles. The van der Waals surface area contributed by atoms with Crippen molar-refractivity contribution in [2.24, 2.45) is 0 Å². The molecule has 1 fully saturated rings. The molecule has 6 nitrogen and oxygen atoms in total. The van der Waals surface area contributed by atoms with Crippen molar-refractivity contribution >= 4 is 11.6 Å². The molecule has 0 spiro atoms. The van der Waals surface area contributed by atoms with Crippen LogP contribution in [0.1, 0.15) is 22.3 Å². The van der Waals surface area contributed by atoms with Gasteiger partial charge in [-0.1, -0.05) is 6.07 Å². The molecule has 0 bridgehead atoms. The highest BCUT2D eigenvalue weighted by atomic mass is 19.1. The van der Waals surface area contributed by atoms with E-state index in [0.29, 0.717) is 18.5 Å². The van der Waals surface area contributed by atoms with Gasteiger partial charge in [-0.3, -0.25) is 20.3 Å². The summed E-state index contributed by atoms with van der Waals surface area (Å²) in [6, 6.07) is 4.27. The third-order valence-electron chi connectivity index (χ3n) is 3.06. The number of aryl methyl sites for hydroxylation is 1. The number of hydrogen-bond donors (Lipinski definition) is 1. The molecule has 1 aliphatic rings. The predicted molar refractivity (Wildman–Crippen MR) is 66.4 cm³/mol. The number of carbonyl (C=O) groups is 1. The van der Waals surface area contributed by atoms with Crippen LogP contribution >= 0.6 is 0 Å². The number of alkyl halides is 1. The predicted octanol–water partition coefficient (Wildman–Crippen LogP) is 1.59. The second-order valence-corrected chi connectivity index (χ2v) is 4.53. The van der Waals surface area contributed by atoms with Gasteiger partial charge < -0.3 is 0 Å². The first-order valence-electron chi connectivity index (χ1n) is 5.92. The van der Waals surface area contributed by atoms with E-state index in [0.717, 1.165) is 0 Å². The van der Waals surface area contributed by atoms with Crippen LogP contribution in [-0.2, 0) is 0 Å². The lowest BCUT2D eigenvalue weighted by atomic mass is 10.1. The molecule has 1 saturated heterocycles. The molecule has 1 aromatic carbocycles. The van der Waals surface area contributed by atoms with Gasteiger partial charge in [0.2, 0.25) is 0 Å². The van der Waals surface area contributed by atoms with Crippen molar-refractivity contribution in [1.29, 1.82) is 0 Å². The normalized spacial score (nSPS) is 19.4. The molecule has 0 radical (unpaired) electrons. The fraction of sp³-hybridized carbons (Fsp3) is 0.417. The number of halogens is 1. The van der Waals surface area contributed by atoms with Crippen molar-refractivity contribution < 1.29 is 14.1 Å². The van der Waals surface area contributed by atoms with E-state index >= 15 is 0 Å². The number of carbonyl (C=O) groups excluding carboxylic acids is 1. The molecule has 102 valence electrons. The first-order chi connectivity index (χ1) is 8.97. The zero-order valence-electron chi connectivity index (χ0n) is 10.4. The van der Waals surface area contributed by atoms with E-state index in [1.807, 2.05) is 0 Å². The number of rotatable bonds is 3. The summed E-state index contributed by atoms with van der Waals surface area (Å²) >= 11 is 0. The third-order valence-corrected chi connectivity index (χ3v) is 3.06. The maximum Gasteiger partial charge on any atom is 0.273 e. The van der Waals surface area contributed by atoms with Crippen LogP contribution in [0.4, 0.5) is 10.1 Å². The van der Waals surface area contributed by atoms with Crippen LogP contribution < -0.4 is 5.43 Å². The maximum absolute atomic E-state index is 13.0. The second kappa shape index (κ2) is 5.31. The molecule has 7 heteroatoms. The lowest BCUT2D eigenvalue weighted by Gasteiger charge is -2.16. The third kappa shape index (κ3) is 3.05. The van der Waals surface area contributed by atoms with Gasteiger partial charge in [-0.2, -0.15) is 0 Å². The van der Waals surface area contributed by atoms with Crippen molar-refractivity contribution in [3.63, 3.8) is 0 Å². The number of amides is 1. The quantitative estimate of drug-likeness (QED) is 0.666. The number of hydrazine groups is 1.